The smallest absolute Gasteiger partial charge is 0.255 e. The molecule has 334 valence electrons. The SMILES string of the molecule is Cc1ncsc1-c1ccc(CNC(=O)[C@@H]2CCCN2C(=O)[C@H](C(C)C)N2Cc3ccccc3C2=O)c(N2CCN(CCCc3ccc(C(=O)NC4C(C)(C)CC4(C)C)cc3)CC2)c1. The number of aromatic nitrogens is 1. The topological polar surface area (TPSA) is 118 Å². The zero-order chi connectivity index (χ0) is 44.6. The molecule has 0 bridgehead atoms. The van der Waals surface area contributed by atoms with E-state index in [2.05, 4.69) is 83.4 Å². The first-order chi connectivity index (χ1) is 30.1. The predicted octanol–water partition coefficient (Wildman–Crippen LogP) is 7.72. The molecule has 0 spiro atoms. The van der Waals surface area contributed by atoms with Gasteiger partial charge in [-0.15, -0.1) is 11.3 Å². The molecule has 4 aromatic rings. The highest BCUT2D eigenvalue weighted by atomic mass is 32.1. The first-order valence-electron chi connectivity index (χ1n) is 23.0. The summed E-state index contributed by atoms with van der Waals surface area (Å²) in [4.78, 5) is 68.9. The van der Waals surface area contributed by atoms with E-state index in [-0.39, 0.29) is 46.4 Å². The number of hydrogen-bond donors (Lipinski definition) is 2. The van der Waals surface area contributed by atoms with Gasteiger partial charge in [-0.05, 0) is 109 Å². The highest BCUT2D eigenvalue weighted by Gasteiger charge is 2.53. The van der Waals surface area contributed by atoms with E-state index in [0.717, 1.165) is 96.9 Å². The standard InChI is InChI=1S/C51H65N7O4S/c1-33(2)43(58-30-39-13-8-9-14-40(39)47(58)61)48(62)57-23-11-15-41(57)46(60)52-29-38-21-20-37(44-34(3)53-32-63-44)28-42(38)56-26-24-55(25-27-56)22-10-12-35-16-18-36(19-17-35)45(59)54-49-50(4,5)31-51(49,6)7/h8-9,13-14,16-21,28,32-33,41,43,49H,10-12,15,22-27,29-31H2,1-7H3,(H,52,60)(H,54,59)/t41-,43-/m0/s1. The summed E-state index contributed by atoms with van der Waals surface area (Å²) < 4.78 is 0. The van der Waals surface area contributed by atoms with E-state index in [0.29, 0.717) is 31.6 Å². The van der Waals surface area contributed by atoms with E-state index in [1.54, 1.807) is 21.1 Å². The minimum absolute atomic E-state index is 0.00960. The van der Waals surface area contributed by atoms with Crippen LogP contribution in [0, 0.1) is 23.7 Å². The van der Waals surface area contributed by atoms with Crippen LogP contribution in [-0.2, 0) is 29.1 Å². The molecular formula is C51H65N7O4S. The Morgan fingerprint density at radius 3 is 2.32 bits per heavy atom. The van der Waals surface area contributed by atoms with E-state index in [1.165, 1.54) is 5.56 Å². The molecule has 3 fully saturated rings. The number of nitrogens with one attached hydrogen (secondary N) is 2. The molecule has 8 rings (SSSR count). The molecule has 1 saturated carbocycles. The van der Waals surface area contributed by atoms with Crippen molar-refractivity contribution in [1.29, 1.82) is 0 Å². The van der Waals surface area contributed by atoms with E-state index in [4.69, 9.17) is 0 Å². The van der Waals surface area contributed by atoms with Crippen LogP contribution < -0.4 is 15.5 Å². The molecule has 63 heavy (non-hydrogen) atoms. The van der Waals surface area contributed by atoms with Gasteiger partial charge in [-0.25, -0.2) is 4.98 Å². The Kier molecular flexibility index (Phi) is 12.9. The van der Waals surface area contributed by atoms with Crippen molar-refractivity contribution in [2.45, 2.75) is 112 Å². The molecule has 2 atom stereocenters. The number of hydrogen-bond acceptors (Lipinski definition) is 8. The zero-order valence-electron chi connectivity index (χ0n) is 38.2. The second-order valence-electron chi connectivity index (χ2n) is 20.0. The van der Waals surface area contributed by atoms with Crippen LogP contribution in [0.5, 0.6) is 0 Å². The summed E-state index contributed by atoms with van der Waals surface area (Å²) in [5.74, 6) is -0.529. The summed E-state index contributed by atoms with van der Waals surface area (Å²) in [7, 11) is 0. The van der Waals surface area contributed by atoms with E-state index < -0.39 is 12.1 Å². The second-order valence-corrected chi connectivity index (χ2v) is 20.8. The Labute approximate surface area is 377 Å². The molecule has 3 aliphatic heterocycles. The number of rotatable bonds is 14. The normalized spacial score (nSPS) is 20.2. The maximum Gasteiger partial charge on any atom is 0.255 e. The van der Waals surface area contributed by atoms with Crippen molar-refractivity contribution < 1.29 is 19.2 Å². The van der Waals surface area contributed by atoms with Crippen LogP contribution in [-0.4, -0.2) is 101 Å². The van der Waals surface area contributed by atoms with Crippen LogP contribution in [0.4, 0.5) is 5.69 Å². The van der Waals surface area contributed by atoms with Gasteiger partial charge in [0.2, 0.25) is 11.8 Å². The van der Waals surface area contributed by atoms with Crippen LogP contribution in [0.3, 0.4) is 0 Å². The van der Waals surface area contributed by atoms with E-state index in [9.17, 15) is 19.2 Å². The van der Waals surface area contributed by atoms with Gasteiger partial charge in [0.05, 0.1) is 16.1 Å². The second kappa shape index (κ2) is 18.2. The van der Waals surface area contributed by atoms with Crippen molar-refractivity contribution in [1.82, 2.24) is 30.3 Å². The van der Waals surface area contributed by atoms with Gasteiger partial charge in [0.15, 0.2) is 0 Å². The fraction of sp³-hybridized carbons (Fsp3) is 0.510. The van der Waals surface area contributed by atoms with Crippen molar-refractivity contribution in [3.8, 4) is 10.4 Å². The number of anilines is 1. The maximum atomic E-state index is 14.3. The first kappa shape index (κ1) is 44.5. The average molecular weight is 872 g/mol. The van der Waals surface area contributed by atoms with Gasteiger partial charge < -0.3 is 25.3 Å². The molecule has 12 heteroatoms. The van der Waals surface area contributed by atoms with Crippen molar-refractivity contribution >= 4 is 40.7 Å². The average Bonchev–Trinajstić information content (AvgIpc) is 4.01. The van der Waals surface area contributed by atoms with E-state index in [1.807, 2.05) is 62.7 Å². The maximum absolute atomic E-state index is 14.3. The lowest BCUT2D eigenvalue weighted by Crippen LogP contribution is -2.63. The van der Waals surface area contributed by atoms with Gasteiger partial charge in [0.25, 0.3) is 11.8 Å². The van der Waals surface area contributed by atoms with Gasteiger partial charge in [-0.1, -0.05) is 84.0 Å². The molecule has 2 N–H and O–H groups in total. The molecule has 2 saturated heterocycles. The number of likely N-dealkylation sites (tertiary alicyclic amines) is 1. The number of benzene rings is 3. The highest BCUT2D eigenvalue weighted by molar-refractivity contribution is 7.13. The summed E-state index contributed by atoms with van der Waals surface area (Å²) in [5.41, 5.74) is 9.93. The summed E-state index contributed by atoms with van der Waals surface area (Å²) in [5, 5.41) is 6.53. The summed E-state index contributed by atoms with van der Waals surface area (Å²) >= 11 is 1.64. The first-order valence-corrected chi connectivity index (χ1v) is 23.9. The Hall–Kier alpha value is -5.07. The van der Waals surface area contributed by atoms with Gasteiger partial charge in [0.1, 0.15) is 12.1 Å². The molecule has 4 heterocycles. The van der Waals surface area contributed by atoms with Crippen LogP contribution >= 0.6 is 11.3 Å². The lowest BCUT2D eigenvalue weighted by Gasteiger charge is -2.57. The Morgan fingerprint density at radius 1 is 0.921 bits per heavy atom. The van der Waals surface area contributed by atoms with Crippen LogP contribution in [0.25, 0.3) is 10.4 Å². The molecule has 0 radical (unpaired) electrons. The minimum Gasteiger partial charge on any atom is -0.369 e. The number of fused-ring (bicyclic) bond motifs is 1. The molecule has 0 unspecified atom stereocenters. The fourth-order valence-electron chi connectivity index (χ4n) is 11.2. The lowest BCUT2D eigenvalue weighted by molar-refractivity contribution is -0.143. The van der Waals surface area contributed by atoms with Crippen molar-refractivity contribution in [3.63, 3.8) is 0 Å². The highest BCUT2D eigenvalue weighted by Crippen LogP contribution is 2.53. The van der Waals surface area contributed by atoms with Gasteiger partial charge in [-0.2, -0.15) is 0 Å². The van der Waals surface area contributed by atoms with Gasteiger partial charge in [-0.3, -0.25) is 24.1 Å². The summed E-state index contributed by atoms with van der Waals surface area (Å²) in [6.45, 7) is 20.8. The summed E-state index contributed by atoms with van der Waals surface area (Å²) in [6, 6.07) is 21.1. The molecule has 4 aliphatic rings. The Balaban J connectivity index is 0.873. The number of carbonyl (C=O) groups excluding carboxylic acids is 4. The molecular weight excluding hydrogens is 807 g/mol. The van der Waals surface area contributed by atoms with Crippen LogP contribution in [0.1, 0.15) is 110 Å². The number of aryl methyl sites for hydroxylation is 2. The van der Waals surface area contributed by atoms with E-state index >= 15 is 0 Å². The molecule has 4 amide bonds. The molecule has 1 aliphatic carbocycles. The van der Waals surface area contributed by atoms with Crippen molar-refractivity contribution in [2.75, 3.05) is 44.2 Å². The number of amides is 4. The number of nitrogens with zero attached hydrogens (tertiary/aromatic N) is 5. The third kappa shape index (κ3) is 9.30. The number of carbonyl (C=O) groups is 4. The monoisotopic (exact) mass is 871 g/mol. The third-order valence-electron chi connectivity index (χ3n) is 14.1. The van der Waals surface area contributed by atoms with Crippen LogP contribution in [0.15, 0.2) is 72.2 Å². The van der Waals surface area contributed by atoms with Gasteiger partial charge in [0, 0.05) is 68.7 Å². The fourth-order valence-corrected chi connectivity index (χ4v) is 12.0. The zero-order valence-corrected chi connectivity index (χ0v) is 39.0. The number of thiazole rings is 1. The Bertz CT molecular complexity index is 2310. The molecule has 1 aromatic heterocycles. The largest absolute Gasteiger partial charge is 0.369 e. The minimum atomic E-state index is -0.644. The molecule has 11 nitrogen and oxygen atoms in total. The lowest BCUT2D eigenvalue weighted by atomic mass is 9.52. The van der Waals surface area contributed by atoms with Crippen LogP contribution in [0.2, 0.25) is 0 Å². The molecule has 3 aromatic carbocycles. The quantitative estimate of drug-likeness (QED) is 0.133. The summed E-state index contributed by atoms with van der Waals surface area (Å²) in [6.07, 6.45) is 4.43. The van der Waals surface area contributed by atoms with Gasteiger partial charge >= 0.3 is 0 Å². The van der Waals surface area contributed by atoms with Crippen molar-refractivity contribution in [3.05, 3.63) is 106 Å². The number of piperazine rings is 1. The Morgan fingerprint density at radius 2 is 1.65 bits per heavy atom. The van der Waals surface area contributed by atoms with Crippen molar-refractivity contribution in [2.24, 2.45) is 16.7 Å². The predicted molar refractivity (Wildman–Crippen MR) is 251 cm³/mol. The third-order valence-corrected chi connectivity index (χ3v) is 15.1.